The van der Waals surface area contributed by atoms with Gasteiger partial charge in [0.15, 0.2) is 5.82 Å². The summed E-state index contributed by atoms with van der Waals surface area (Å²) >= 11 is 0. The average Bonchev–Trinajstić information content (AvgIpc) is 3.30. The van der Waals surface area contributed by atoms with Crippen molar-refractivity contribution in [3.05, 3.63) is 59.7 Å². The Hall–Kier alpha value is -1.95. The molecule has 2 heterocycles. The number of halogens is 1. The van der Waals surface area contributed by atoms with E-state index in [1.807, 2.05) is 0 Å². The van der Waals surface area contributed by atoms with Crippen LogP contribution in [0.15, 0.2) is 47.0 Å². The van der Waals surface area contributed by atoms with Gasteiger partial charge in [0.05, 0.1) is 6.04 Å². The molecule has 0 amide bonds. The van der Waals surface area contributed by atoms with Crippen molar-refractivity contribution in [2.45, 2.75) is 24.3 Å². The SMILES string of the molecule is CN1CCNCC1c1noc(C2CC2c2cccc3ccccc23)n1.Cl. The molecule has 1 saturated heterocycles. The van der Waals surface area contributed by atoms with E-state index in [1.165, 1.54) is 16.3 Å². The fourth-order valence-electron chi connectivity index (χ4n) is 4.01. The minimum atomic E-state index is 0. The highest BCUT2D eigenvalue weighted by molar-refractivity contribution is 5.86. The maximum atomic E-state index is 5.64. The molecule has 5 nitrogen and oxygen atoms in total. The maximum absolute atomic E-state index is 5.64. The van der Waals surface area contributed by atoms with Gasteiger partial charge in [-0.1, -0.05) is 47.6 Å². The van der Waals surface area contributed by atoms with Crippen LogP contribution in [-0.4, -0.2) is 41.7 Å². The third-order valence-electron chi connectivity index (χ3n) is 5.60. The molecule has 5 rings (SSSR count). The predicted molar refractivity (Wildman–Crippen MR) is 104 cm³/mol. The van der Waals surface area contributed by atoms with E-state index >= 15 is 0 Å². The summed E-state index contributed by atoms with van der Waals surface area (Å²) in [5.74, 6) is 2.45. The van der Waals surface area contributed by atoms with Crippen molar-refractivity contribution in [2.24, 2.45) is 0 Å². The van der Waals surface area contributed by atoms with Gasteiger partial charge in [-0.2, -0.15) is 4.98 Å². The topological polar surface area (TPSA) is 54.2 Å². The van der Waals surface area contributed by atoms with Gasteiger partial charge in [0, 0.05) is 25.6 Å². The number of nitrogens with one attached hydrogen (secondary N) is 1. The summed E-state index contributed by atoms with van der Waals surface area (Å²) in [6.45, 7) is 2.91. The minimum Gasteiger partial charge on any atom is -0.339 e. The smallest absolute Gasteiger partial charge is 0.230 e. The second-order valence-electron chi connectivity index (χ2n) is 7.21. The Morgan fingerprint density at radius 2 is 1.96 bits per heavy atom. The normalized spacial score (nSPS) is 25.8. The van der Waals surface area contributed by atoms with Crippen molar-refractivity contribution in [3.63, 3.8) is 0 Å². The number of aromatic nitrogens is 2. The Morgan fingerprint density at radius 1 is 1.12 bits per heavy atom. The molecule has 2 aliphatic rings. The predicted octanol–water partition coefficient (Wildman–Crippen LogP) is 3.49. The molecular formula is C20H23ClN4O. The Labute approximate surface area is 159 Å². The lowest BCUT2D eigenvalue weighted by Crippen LogP contribution is -2.44. The molecule has 2 aromatic carbocycles. The highest BCUT2D eigenvalue weighted by Crippen LogP contribution is 2.55. The number of hydrogen-bond acceptors (Lipinski definition) is 5. The van der Waals surface area contributed by atoms with Crippen molar-refractivity contribution in [1.29, 1.82) is 0 Å². The van der Waals surface area contributed by atoms with Crippen molar-refractivity contribution < 1.29 is 4.52 Å². The van der Waals surface area contributed by atoms with Gasteiger partial charge in [-0.25, -0.2) is 0 Å². The van der Waals surface area contributed by atoms with Gasteiger partial charge in [0.2, 0.25) is 5.89 Å². The summed E-state index contributed by atoms with van der Waals surface area (Å²) in [4.78, 5) is 7.03. The van der Waals surface area contributed by atoms with Crippen molar-refractivity contribution >= 4 is 23.2 Å². The van der Waals surface area contributed by atoms with Crippen LogP contribution in [-0.2, 0) is 0 Å². The molecule has 0 bridgehead atoms. The van der Waals surface area contributed by atoms with Crippen LogP contribution in [0, 0.1) is 0 Å². The van der Waals surface area contributed by atoms with Crippen LogP contribution in [0.1, 0.15) is 41.6 Å². The highest BCUT2D eigenvalue weighted by Gasteiger charge is 2.44. The van der Waals surface area contributed by atoms with E-state index in [4.69, 9.17) is 9.51 Å². The number of rotatable bonds is 3. The van der Waals surface area contributed by atoms with Crippen molar-refractivity contribution in [3.8, 4) is 0 Å². The largest absolute Gasteiger partial charge is 0.339 e. The first-order chi connectivity index (χ1) is 12.3. The van der Waals surface area contributed by atoms with Gasteiger partial charge in [-0.3, -0.25) is 4.90 Å². The zero-order chi connectivity index (χ0) is 16.8. The molecule has 3 atom stereocenters. The van der Waals surface area contributed by atoms with E-state index in [0.717, 1.165) is 37.8 Å². The van der Waals surface area contributed by atoms with E-state index < -0.39 is 0 Å². The summed E-state index contributed by atoms with van der Waals surface area (Å²) in [7, 11) is 2.12. The molecule has 0 radical (unpaired) electrons. The van der Waals surface area contributed by atoms with E-state index in [9.17, 15) is 0 Å². The van der Waals surface area contributed by atoms with E-state index in [-0.39, 0.29) is 18.4 Å². The number of benzene rings is 2. The summed E-state index contributed by atoms with van der Waals surface area (Å²) in [6, 6.07) is 15.4. The molecule has 1 aromatic heterocycles. The van der Waals surface area contributed by atoms with Crippen molar-refractivity contribution in [1.82, 2.24) is 20.4 Å². The summed E-state index contributed by atoms with van der Waals surface area (Å²) in [6.07, 6.45) is 1.09. The highest BCUT2D eigenvalue weighted by atomic mass is 35.5. The lowest BCUT2D eigenvalue weighted by Gasteiger charge is -2.30. The first-order valence-electron chi connectivity index (χ1n) is 9.03. The summed E-state index contributed by atoms with van der Waals surface area (Å²) in [5.41, 5.74) is 1.40. The zero-order valence-corrected chi connectivity index (χ0v) is 15.6. The number of fused-ring (bicyclic) bond motifs is 1. The molecule has 1 aliphatic carbocycles. The monoisotopic (exact) mass is 370 g/mol. The van der Waals surface area contributed by atoms with Crippen LogP contribution in [0.4, 0.5) is 0 Å². The fourth-order valence-corrected chi connectivity index (χ4v) is 4.01. The second kappa shape index (κ2) is 6.99. The van der Waals surface area contributed by atoms with E-state index in [2.05, 4.69) is 64.9 Å². The Balaban J connectivity index is 0.00000168. The molecular weight excluding hydrogens is 348 g/mol. The van der Waals surface area contributed by atoms with Crippen LogP contribution in [0.5, 0.6) is 0 Å². The van der Waals surface area contributed by atoms with Crippen LogP contribution >= 0.6 is 12.4 Å². The number of piperazine rings is 1. The molecule has 1 N–H and O–H groups in total. The molecule has 3 unspecified atom stereocenters. The van der Waals surface area contributed by atoms with Crippen LogP contribution in [0.25, 0.3) is 10.8 Å². The van der Waals surface area contributed by atoms with Crippen LogP contribution in [0.3, 0.4) is 0 Å². The number of hydrogen-bond donors (Lipinski definition) is 1. The summed E-state index contributed by atoms with van der Waals surface area (Å²) in [5, 5.41) is 10.3. The first-order valence-corrected chi connectivity index (χ1v) is 9.03. The van der Waals surface area contributed by atoms with Crippen LogP contribution in [0.2, 0.25) is 0 Å². The third-order valence-corrected chi connectivity index (χ3v) is 5.60. The third kappa shape index (κ3) is 3.00. The summed E-state index contributed by atoms with van der Waals surface area (Å²) < 4.78 is 5.64. The van der Waals surface area contributed by atoms with E-state index in [1.54, 1.807) is 0 Å². The molecule has 1 aliphatic heterocycles. The van der Waals surface area contributed by atoms with Gasteiger partial charge < -0.3 is 9.84 Å². The zero-order valence-electron chi connectivity index (χ0n) is 14.8. The Kier molecular flexibility index (Phi) is 4.69. The molecule has 3 aromatic rings. The van der Waals surface area contributed by atoms with E-state index in [0.29, 0.717) is 11.8 Å². The van der Waals surface area contributed by atoms with Gasteiger partial charge in [0.25, 0.3) is 0 Å². The average molecular weight is 371 g/mol. The quantitative estimate of drug-likeness (QED) is 0.764. The fraction of sp³-hybridized carbons (Fsp3) is 0.400. The molecule has 2 fully saturated rings. The Morgan fingerprint density at radius 3 is 2.85 bits per heavy atom. The van der Waals surface area contributed by atoms with Gasteiger partial charge in [-0.15, -0.1) is 12.4 Å². The Bertz CT molecular complexity index is 906. The minimum absolute atomic E-state index is 0. The first kappa shape index (κ1) is 17.5. The van der Waals surface area contributed by atoms with Gasteiger partial charge >= 0.3 is 0 Å². The van der Waals surface area contributed by atoms with Gasteiger partial charge in [-0.05, 0) is 35.7 Å². The number of nitrogens with zero attached hydrogens (tertiary/aromatic N) is 3. The van der Waals surface area contributed by atoms with Gasteiger partial charge in [0.1, 0.15) is 0 Å². The van der Waals surface area contributed by atoms with Crippen molar-refractivity contribution in [2.75, 3.05) is 26.7 Å². The second-order valence-corrected chi connectivity index (χ2v) is 7.21. The lowest BCUT2D eigenvalue weighted by atomic mass is 10.0. The molecule has 6 heteroatoms. The molecule has 0 spiro atoms. The number of likely N-dealkylation sites (N-methyl/N-ethyl adjacent to an activating group) is 1. The lowest BCUT2D eigenvalue weighted by molar-refractivity contribution is 0.190. The molecule has 1 saturated carbocycles. The van der Waals surface area contributed by atoms with Crippen LogP contribution < -0.4 is 5.32 Å². The molecule has 136 valence electrons. The molecule has 26 heavy (non-hydrogen) atoms. The standard InChI is InChI=1S/C20H22N4O.ClH/c1-24-10-9-21-12-18(24)19-22-20(25-23-19)17-11-16(17)15-8-4-6-13-5-2-3-7-14(13)15;/h2-8,16-18,21H,9-12H2,1H3;1H. The maximum Gasteiger partial charge on any atom is 0.230 e.